The fourth-order valence-corrected chi connectivity index (χ4v) is 0.815. The van der Waals surface area contributed by atoms with Gasteiger partial charge in [-0.3, -0.25) is 0 Å². The molecule has 0 rings (SSSR count). The normalized spacial score (nSPS) is 13.6. The molecule has 0 aromatic carbocycles. The van der Waals surface area contributed by atoms with E-state index in [0.29, 0.717) is 10.8 Å². The van der Waals surface area contributed by atoms with Crippen molar-refractivity contribution >= 4 is 0 Å². The molecule has 0 bridgehead atoms. The van der Waals surface area contributed by atoms with E-state index in [9.17, 15) is 0 Å². The molecule has 1 heteroatoms. The van der Waals surface area contributed by atoms with Gasteiger partial charge in [0.15, 0.2) is 0 Å². The topological polar surface area (TPSA) is 26.0 Å². The van der Waals surface area contributed by atoms with Gasteiger partial charge in [-0.15, -0.1) is 0 Å². The van der Waals surface area contributed by atoms with E-state index in [0.717, 1.165) is 6.54 Å². The highest BCUT2D eigenvalue weighted by Crippen LogP contribution is 2.29. The van der Waals surface area contributed by atoms with Gasteiger partial charge in [0, 0.05) is 0 Å². The molecule has 0 aromatic heterocycles. The first-order valence-corrected chi connectivity index (χ1v) is 4.47. The highest BCUT2D eigenvalue weighted by atomic mass is 14.6. The Hall–Kier alpha value is -0.0400. The van der Waals surface area contributed by atoms with E-state index >= 15 is 0 Å². The van der Waals surface area contributed by atoms with Gasteiger partial charge in [0.05, 0.1) is 0 Å². The Kier molecular flexibility index (Phi) is 3.56. The second kappa shape index (κ2) is 3.57. The number of hydrogen-bond donors (Lipinski definition) is 1. The van der Waals surface area contributed by atoms with Gasteiger partial charge in [-0.1, -0.05) is 34.6 Å². The summed E-state index contributed by atoms with van der Waals surface area (Å²) in [6, 6.07) is 0. The van der Waals surface area contributed by atoms with E-state index in [2.05, 4.69) is 34.6 Å². The standard InChI is InChI=1S/C10H23N/c1-9(2,3)6-7-10(4,5)8-11/h6-8,11H2,1-5H3. The third-order valence-corrected chi connectivity index (χ3v) is 2.10. The smallest absolute Gasteiger partial charge is 0.00258 e. The molecule has 0 heterocycles. The van der Waals surface area contributed by atoms with Gasteiger partial charge in [-0.2, -0.15) is 0 Å². The van der Waals surface area contributed by atoms with Crippen molar-refractivity contribution in [2.24, 2.45) is 16.6 Å². The predicted molar refractivity (Wildman–Crippen MR) is 51.5 cm³/mol. The van der Waals surface area contributed by atoms with Crippen molar-refractivity contribution in [3.05, 3.63) is 0 Å². The first kappa shape index (κ1) is 11.0. The lowest BCUT2D eigenvalue weighted by molar-refractivity contribution is 0.262. The van der Waals surface area contributed by atoms with Crippen LogP contribution in [0.4, 0.5) is 0 Å². The zero-order chi connectivity index (χ0) is 9.12. The van der Waals surface area contributed by atoms with Crippen LogP contribution in [0.2, 0.25) is 0 Å². The van der Waals surface area contributed by atoms with Crippen LogP contribution in [-0.2, 0) is 0 Å². The molecule has 0 unspecified atom stereocenters. The molecule has 0 radical (unpaired) electrons. The summed E-state index contributed by atoms with van der Waals surface area (Å²) in [6.07, 6.45) is 2.49. The van der Waals surface area contributed by atoms with E-state index in [1.54, 1.807) is 0 Å². The van der Waals surface area contributed by atoms with Crippen LogP contribution < -0.4 is 5.73 Å². The molecule has 0 atom stereocenters. The Morgan fingerprint density at radius 1 is 0.909 bits per heavy atom. The maximum atomic E-state index is 5.64. The Balaban J connectivity index is 3.70. The Morgan fingerprint density at radius 3 is 1.64 bits per heavy atom. The number of nitrogens with two attached hydrogens (primary N) is 1. The molecular weight excluding hydrogens is 134 g/mol. The van der Waals surface area contributed by atoms with Gasteiger partial charge >= 0.3 is 0 Å². The first-order chi connectivity index (χ1) is 4.77. The lowest BCUT2D eigenvalue weighted by atomic mass is 9.80. The summed E-state index contributed by atoms with van der Waals surface area (Å²) in [5.74, 6) is 0. The number of hydrogen-bond acceptors (Lipinski definition) is 1. The summed E-state index contributed by atoms with van der Waals surface area (Å²) >= 11 is 0. The predicted octanol–water partition coefficient (Wildman–Crippen LogP) is 2.80. The first-order valence-electron chi connectivity index (χ1n) is 4.47. The van der Waals surface area contributed by atoms with E-state index in [1.807, 2.05) is 0 Å². The molecule has 0 aliphatic carbocycles. The largest absolute Gasteiger partial charge is 0.330 e. The quantitative estimate of drug-likeness (QED) is 0.670. The van der Waals surface area contributed by atoms with Gasteiger partial charge in [-0.25, -0.2) is 0 Å². The van der Waals surface area contributed by atoms with Crippen molar-refractivity contribution < 1.29 is 0 Å². The van der Waals surface area contributed by atoms with Crippen LogP contribution >= 0.6 is 0 Å². The summed E-state index contributed by atoms with van der Waals surface area (Å²) in [5.41, 5.74) is 6.41. The van der Waals surface area contributed by atoms with Gasteiger partial charge < -0.3 is 5.73 Å². The number of rotatable bonds is 3. The van der Waals surface area contributed by atoms with E-state index in [4.69, 9.17) is 5.73 Å². The van der Waals surface area contributed by atoms with Gasteiger partial charge in [0.25, 0.3) is 0 Å². The van der Waals surface area contributed by atoms with Gasteiger partial charge in [0.2, 0.25) is 0 Å². The fourth-order valence-electron chi connectivity index (χ4n) is 0.815. The van der Waals surface area contributed by atoms with Crippen molar-refractivity contribution in [1.82, 2.24) is 0 Å². The van der Waals surface area contributed by atoms with Gasteiger partial charge in [0.1, 0.15) is 0 Å². The minimum absolute atomic E-state index is 0.327. The van der Waals surface area contributed by atoms with Crippen LogP contribution in [0.3, 0.4) is 0 Å². The van der Waals surface area contributed by atoms with Crippen LogP contribution in [0.25, 0.3) is 0 Å². The molecular formula is C10H23N. The molecule has 0 fully saturated rings. The molecule has 0 aliphatic heterocycles. The molecule has 0 aliphatic rings. The van der Waals surface area contributed by atoms with Crippen molar-refractivity contribution in [1.29, 1.82) is 0 Å². The highest BCUT2D eigenvalue weighted by molar-refractivity contribution is 4.73. The molecule has 0 amide bonds. The molecule has 0 saturated carbocycles. The van der Waals surface area contributed by atoms with E-state index < -0.39 is 0 Å². The van der Waals surface area contributed by atoms with E-state index in [-0.39, 0.29) is 0 Å². The third kappa shape index (κ3) is 6.36. The minimum Gasteiger partial charge on any atom is -0.330 e. The summed E-state index contributed by atoms with van der Waals surface area (Å²) < 4.78 is 0. The van der Waals surface area contributed by atoms with Crippen molar-refractivity contribution in [3.8, 4) is 0 Å². The van der Waals surface area contributed by atoms with Crippen LogP contribution in [0, 0.1) is 10.8 Å². The molecule has 2 N–H and O–H groups in total. The molecule has 0 saturated heterocycles. The van der Waals surface area contributed by atoms with Crippen molar-refractivity contribution in [3.63, 3.8) is 0 Å². The third-order valence-electron chi connectivity index (χ3n) is 2.10. The van der Waals surface area contributed by atoms with Crippen LogP contribution in [0.15, 0.2) is 0 Å². The molecule has 11 heavy (non-hydrogen) atoms. The summed E-state index contributed by atoms with van der Waals surface area (Å²) in [4.78, 5) is 0. The zero-order valence-electron chi connectivity index (χ0n) is 8.70. The molecule has 68 valence electrons. The summed E-state index contributed by atoms with van der Waals surface area (Å²) in [7, 11) is 0. The fraction of sp³-hybridized carbons (Fsp3) is 1.00. The maximum absolute atomic E-state index is 5.64. The molecule has 0 spiro atoms. The Morgan fingerprint density at radius 2 is 1.36 bits per heavy atom. The average molecular weight is 157 g/mol. The van der Waals surface area contributed by atoms with Gasteiger partial charge in [-0.05, 0) is 30.2 Å². The van der Waals surface area contributed by atoms with Crippen LogP contribution in [0.1, 0.15) is 47.5 Å². The highest BCUT2D eigenvalue weighted by Gasteiger charge is 2.19. The Labute approximate surface area is 71.4 Å². The second-order valence-corrected chi connectivity index (χ2v) is 5.43. The lowest BCUT2D eigenvalue weighted by Crippen LogP contribution is -2.25. The average Bonchev–Trinajstić information content (AvgIpc) is 1.83. The van der Waals surface area contributed by atoms with Crippen LogP contribution in [-0.4, -0.2) is 6.54 Å². The Bertz CT molecular complexity index is 109. The van der Waals surface area contributed by atoms with Crippen molar-refractivity contribution in [2.75, 3.05) is 6.54 Å². The summed E-state index contributed by atoms with van der Waals surface area (Å²) in [6.45, 7) is 12.1. The van der Waals surface area contributed by atoms with Crippen LogP contribution in [0.5, 0.6) is 0 Å². The summed E-state index contributed by atoms with van der Waals surface area (Å²) in [5, 5.41) is 0. The second-order valence-electron chi connectivity index (χ2n) is 5.43. The van der Waals surface area contributed by atoms with Crippen molar-refractivity contribution in [2.45, 2.75) is 47.5 Å². The zero-order valence-corrected chi connectivity index (χ0v) is 8.70. The monoisotopic (exact) mass is 157 g/mol. The maximum Gasteiger partial charge on any atom is -0.00258 e. The van der Waals surface area contributed by atoms with E-state index in [1.165, 1.54) is 12.8 Å². The molecule has 1 nitrogen and oxygen atoms in total. The lowest BCUT2D eigenvalue weighted by Gasteiger charge is -2.27. The molecule has 0 aromatic rings. The SMILES string of the molecule is CC(C)(C)CCC(C)(C)CN. The minimum atomic E-state index is 0.327.